The second kappa shape index (κ2) is 7.09. The van der Waals surface area contributed by atoms with Crippen molar-refractivity contribution >= 4 is 36.1 Å². The number of aromatic hydroxyl groups is 1. The molecule has 0 saturated heterocycles. The van der Waals surface area contributed by atoms with Gasteiger partial charge >= 0.3 is 6.03 Å². The Balaban J connectivity index is 1.92. The smallest absolute Gasteiger partial charge is 0.332 e. The van der Waals surface area contributed by atoms with E-state index >= 15 is 0 Å². The molecule has 2 rings (SSSR count). The fraction of sp³-hybridized carbons (Fsp3) is 0.500. The van der Waals surface area contributed by atoms with Crippen LogP contribution in [0.1, 0.15) is 32.1 Å². The summed E-state index contributed by atoms with van der Waals surface area (Å²) in [6, 6.07) is 4.15. The molecule has 1 aromatic carbocycles. The van der Waals surface area contributed by atoms with Gasteiger partial charge in [0.25, 0.3) is 0 Å². The number of rotatable bonds is 3. The van der Waals surface area contributed by atoms with Gasteiger partial charge in [0.1, 0.15) is 11.4 Å². The number of amides is 2. The molecule has 6 heteroatoms. The molecule has 4 nitrogen and oxygen atoms in total. The molecule has 0 radical (unpaired) electrons. The van der Waals surface area contributed by atoms with Crippen LogP contribution in [0, 0.1) is 5.92 Å². The lowest BCUT2D eigenvalue weighted by atomic mass is 9.89. The van der Waals surface area contributed by atoms with Crippen LogP contribution in [0.2, 0.25) is 5.02 Å². The van der Waals surface area contributed by atoms with E-state index in [0.717, 1.165) is 17.1 Å². The summed E-state index contributed by atoms with van der Waals surface area (Å²) in [7, 11) is 0. The van der Waals surface area contributed by atoms with E-state index in [1.807, 2.05) is 0 Å². The fourth-order valence-electron chi connectivity index (χ4n) is 2.47. The summed E-state index contributed by atoms with van der Waals surface area (Å²) < 4.78 is 1.09. The summed E-state index contributed by atoms with van der Waals surface area (Å²) in [5.74, 6) is 0.514. The molecule has 1 aliphatic rings. The molecule has 1 fully saturated rings. The molecule has 0 unspecified atom stereocenters. The van der Waals surface area contributed by atoms with Crippen molar-refractivity contribution in [2.75, 3.05) is 10.8 Å². The molecule has 0 spiro atoms. The number of carbonyl (C=O) groups is 1. The lowest BCUT2D eigenvalue weighted by Crippen LogP contribution is -2.37. The topological polar surface area (TPSA) is 52.6 Å². The number of nitrogens with zero attached hydrogens (tertiary/aromatic N) is 1. The summed E-state index contributed by atoms with van der Waals surface area (Å²) in [4.78, 5) is 12.0. The van der Waals surface area contributed by atoms with Gasteiger partial charge in [-0.3, -0.25) is 0 Å². The van der Waals surface area contributed by atoms with E-state index in [4.69, 9.17) is 11.6 Å². The van der Waals surface area contributed by atoms with Gasteiger partial charge in [-0.2, -0.15) is 0 Å². The van der Waals surface area contributed by atoms with E-state index in [-0.39, 0.29) is 17.5 Å². The van der Waals surface area contributed by atoms with Crippen molar-refractivity contribution < 1.29 is 9.90 Å². The number of halogens is 1. The number of thiol groups is 1. The molecular weight excluding hydrogens is 296 g/mol. The quantitative estimate of drug-likeness (QED) is 0.739. The van der Waals surface area contributed by atoms with Crippen LogP contribution < -0.4 is 9.62 Å². The predicted octanol–water partition coefficient (Wildman–Crippen LogP) is 3.99. The Bertz CT molecular complexity index is 478. The summed E-state index contributed by atoms with van der Waals surface area (Å²) in [6.07, 6.45) is 6.09. The highest BCUT2D eigenvalue weighted by Gasteiger charge is 2.19. The third-order valence-corrected chi connectivity index (χ3v) is 4.26. The first-order valence-electron chi connectivity index (χ1n) is 6.83. The largest absolute Gasteiger partial charge is 0.506 e. The fourth-order valence-corrected chi connectivity index (χ4v) is 2.87. The van der Waals surface area contributed by atoms with Crippen molar-refractivity contribution in [1.82, 2.24) is 5.32 Å². The van der Waals surface area contributed by atoms with Crippen LogP contribution in [0.25, 0.3) is 0 Å². The maximum atomic E-state index is 12.0. The highest BCUT2D eigenvalue weighted by molar-refractivity contribution is 7.82. The second-order valence-corrected chi connectivity index (χ2v) is 5.97. The summed E-state index contributed by atoms with van der Waals surface area (Å²) >= 11 is 9.99. The zero-order valence-corrected chi connectivity index (χ0v) is 12.8. The van der Waals surface area contributed by atoms with Gasteiger partial charge in [0.15, 0.2) is 0 Å². The number of benzene rings is 1. The standard InChI is InChI=1S/C14H19ClN2O2S/c15-11-6-7-13(18)12(8-11)17(20)14(19)16-9-10-4-2-1-3-5-10/h6-8,10,18,20H,1-5,9H2,(H,16,19). The van der Waals surface area contributed by atoms with E-state index in [9.17, 15) is 9.90 Å². The molecule has 0 aliphatic heterocycles. The first-order chi connectivity index (χ1) is 9.58. The van der Waals surface area contributed by atoms with Crippen LogP contribution >= 0.6 is 24.4 Å². The molecule has 110 valence electrons. The van der Waals surface area contributed by atoms with Gasteiger partial charge in [-0.15, -0.1) is 0 Å². The van der Waals surface area contributed by atoms with E-state index in [2.05, 4.69) is 18.1 Å². The van der Waals surface area contributed by atoms with Crippen molar-refractivity contribution in [3.8, 4) is 5.75 Å². The number of phenolic OH excluding ortho intramolecular Hbond substituents is 1. The summed E-state index contributed by atoms with van der Waals surface area (Å²) in [6.45, 7) is 0.650. The molecule has 1 aliphatic carbocycles. The van der Waals surface area contributed by atoms with E-state index in [1.54, 1.807) is 6.07 Å². The molecular formula is C14H19ClN2O2S. The first kappa shape index (κ1) is 15.3. The Morgan fingerprint density at radius 2 is 2.10 bits per heavy atom. The van der Waals surface area contributed by atoms with Crippen molar-refractivity contribution in [2.24, 2.45) is 5.92 Å². The SMILES string of the molecule is O=C(NCC1CCCCC1)N(S)c1cc(Cl)ccc1O. The predicted molar refractivity (Wildman–Crippen MR) is 84.6 cm³/mol. The van der Waals surface area contributed by atoms with Crippen molar-refractivity contribution in [3.05, 3.63) is 23.2 Å². The summed E-state index contributed by atoms with van der Waals surface area (Å²) in [5.41, 5.74) is 0.280. The number of hydrogen-bond donors (Lipinski definition) is 3. The molecule has 0 heterocycles. The van der Waals surface area contributed by atoms with Crippen molar-refractivity contribution in [2.45, 2.75) is 32.1 Å². The van der Waals surface area contributed by atoms with Crippen LogP contribution in [0.4, 0.5) is 10.5 Å². The molecule has 0 bridgehead atoms. The van der Waals surface area contributed by atoms with E-state index in [1.165, 1.54) is 31.4 Å². The molecule has 2 amide bonds. The van der Waals surface area contributed by atoms with Gasteiger partial charge in [-0.25, -0.2) is 9.10 Å². The molecule has 2 N–H and O–H groups in total. The van der Waals surface area contributed by atoms with Crippen LogP contribution in [0.5, 0.6) is 5.75 Å². The minimum absolute atomic E-state index is 0.0304. The monoisotopic (exact) mass is 314 g/mol. The Kier molecular flexibility index (Phi) is 5.43. The van der Waals surface area contributed by atoms with Crippen LogP contribution in [0.3, 0.4) is 0 Å². The Morgan fingerprint density at radius 1 is 1.40 bits per heavy atom. The summed E-state index contributed by atoms with van der Waals surface area (Å²) in [5, 5.41) is 13.0. The minimum Gasteiger partial charge on any atom is -0.506 e. The van der Waals surface area contributed by atoms with Crippen molar-refractivity contribution in [1.29, 1.82) is 0 Å². The van der Waals surface area contributed by atoms with Gasteiger partial charge in [0, 0.05) is 11.6 Å². The van der Waals surface area contributed by atoms with Gasteiger partial charge < -0.3 is 10.4 Å². The second-order valence-electron chi connectivity index (χ2n) is 5.13. The van der Waals surface area contributed by atoms with E-state index < -0.39 is 0 Å². The zero-order chi connectivity index (χ0) is 14.5. The van der Waals surface area contributed by atoms with Crippen LogP contribution in [0.15, 0.2) is 18.2 Å². The van der Waals surface area contributed by atoms with Gasteiger partial charge in [-0.05, 0) is 37.0 Å². The average Bonchev–Trinajstić information content (AvgIpc) is 2.47. The molecule has 0 aromatic heterocycles. The van der Waals surface area contributed by atoms with Crippen LogP contribution in [-0.4, -0.2) is 17.7 Å². The number of nitrogens with one attached hydrogen (secondary N) is 1. The number of phenols is 1. The van der Waals surface area contributed by atoms with E-state index in [0.29, 0.717) is 17.5 Å². The average molecular weight is 315 g/mol. The zero-order valence-electron chi connectivity index (χ0n) is 11.2. The maximum Gasteiger partial charge on any atom is 0.332 e. The highest BCUT2D eigenvalue weighted by Crippen LogP contribution is 2.31. The molecule has 1 aromatic rings. The third-order valence-electron chi connectivity index (χ3n) is 3.62. The van der Waals surface area contributed by atoms with Gasteiger partial charge in [0.2, 0.25) is 0 Å². The number of carbonyl (C=O) groups excluding carboxylic acids is 1. The van der Waals surface area contributed by atoms with Crippen molar-refractivity contribution in [3.63, 3.8) is 0 Å². The molecule has 20 heavy (non-hydrogen) atoms. The highest BCUT2D eigenvalue weighted by atomic mass is 35.5. The van der Waals surface area contributed by atoms with Crippen LogP contribution in [-0.2, 0) is 0 Å². The van der Waals surface area contributed by atoms with Gasteiger partial charge in [0.05, 0.1) is 0 Å². The Hall–Kier alpha value is -1.07. The third kappa shape index (κ3) is 3.96. The van der Waals surface area contributed by atoms with Gasteiger partial charge in [-0.1, -0.05) is 43.7 Å². The Morgan fingerprint density at radius 3 is 2.80 bits per heavy atom. The normalized spacial score (nSPS) is 15.9. The number of urea groups is 1. The molecule has 1 saturated carbocycles. The lowest BCUT2D eigenvalue weighted by molar-refractivity contribution is 0.245. The first-order valence-corrected chi connectivity index (χ1v) is 7.61. The molecule has 0 atom stereocenters. The lowest BCUT2D eigenvalue weighted by Gasteiger charge is -2.23. The minimum atomic E-state index is -0.350. The Labute approximate surface area is 129 Å². The number of anilines is 1. The maximum absolute atomic E-state index is 12.0. The number of hydrogen-bond acceptors (Lipinski definition) is 3.